The first kappa shape index (κ1) is 6.60. The minimum absolute atomic E-state index is 0.712. The summed E-state index contributed by atoms with van der Waals surface area (Å²) in [6, 6.07) is 0. The summed E-state index contributed by atoms with van der Waals surface area (Å²) in [5.41, 5.74) is 1.40. The van der Waals surface area contributed by atoms with Gasteiger partial charge in [0.25, 0.3) is 0 Å². The SMILES string of the molecule is CCC(C)C1=[C]CC=C1. The van der Waals surface area contributed by atoms with Crippen molar-refractivity contribution in [3.8, 4) is 0 Å². The fourth-order valence-electron chi connectivity index (χ4n) is 0.980. The normalized spacial score (nSPS) is 20.0. The fraction of sp³-hybridized carbons (Fsp3) is 0.556. The number of hydrogen-bond donors (Lipinski definition) is 0. The molecule has 0 heterocycles. The van der Waals surface area contributed by atoms with Crippen LogP contribution in [-0.2, 0) is 0 Å². The van der Waals surface area contributed by atoms with Crippen LogP contribution in [0.25, 0.3) is 0 Å². The fourth-order valence-corrected chi connectivity index (χ4v) is 0.980. The molecule has 0 saturated carbocycles. The van der Waals surface area contributed by atoms with Crippen molar-refractivity contribution in [2.75, 3.05) is 0 Å². The van der Waals surface area contributed by atoms with Gasteiger partial charge in [-0.2, -0.15) is 0 Å². The van der Waals surface area contributed by atoms with Crippen LogP contribution in [0.4, 0.5) is 0 Å². The Kier molecular flexibility index (Phi) is 2.10. The maximum absolute atomic E-state index is 3.31. The van der Waals surface area contributed by atoms with Gasteiger partial charge in [-0.1, -0.05) is 26.0 Å². The Balaban J connectivity index is 2.51. The summed E-state index contributed by atoms with van der Waals surface area (Å²) >= 11 is 0. The second-order valence-corrected chi connectivity index (χ2v) is 2.55. The Bertz CT molecular complexity index is 140. The van der Waals surface area contributed by atoms with E-state index in [-0.39, 0.29) is 0 Å². The maximum Gasteiger partial charge on any atom is -0.00884 e. The van der Waals surface area contributed by atoms with Crippen LogP contribution in [0.2, 0.25) is 0 Å². The van der Waals surface area contributed by atoms with Crippen molar-refractivity contribution in [3.05, 3.63) is 23.8 Å². The Hall–Kier alpha value is -0.520. The summed E-state index contributed by atoms with van der Waals surface area (Å²) in [7, 11) is 0. The van der Waals surface area contributed by atoms with Gasteiger partial charge in [-0.3, -0.25) is 0 Å². The molecule has 0 aliphatic heterocycles. The van der Waals surface area contributed by atoms with E-state index >= 15 is 0 Å². The Morgan fingerprint density at radius 2 is 2.56 bits per heavy atom. The highest BCUT2D eigenvalue weighted by atomic mass is 14.1. The number of hydrogen-bond acceptors (Lipinski definition) is 0. The van der Waals surface area contributed by atoms with Gasteiger partial charge in [-0.05, 0) is 30.4 Å². The highest BCUT2D eigenvalue weighted by Crippen LogP contribution is 2.19. The molecule has 0 aromatic rings. The first-order valence-electron chi connectivity index (χ1n) is 3.62. The summed E-state index contributed by atoms with van der Waals surface area (Å²) < 4.78 is 0. The van der Waals surface area contributed by atoms with Gasteiger partial charge in [0.2, 0.25) is 0 Å². The van der Waals surface area contributed by atoms with Crippen LogP contribution in [0.3, 0.4) is 0 Å². The van der Waals surface area contributed by atoms with Crippen molar-refractivity contribution in [3.63, 3.8) is 0 Å². The van der Waals surface area contributed by atoms with Gasteiger partial charge in [0.15, 0.2) is 0 Å². The molecule has 9 heavy (non-hydrogen) atoms. The largest absolute Gasteiger partial charge is 0.0798 e. The van der Waals surface area contributed by atoms with E-state index in [0.717, 1.165) is 6.42 Å². The van der Waals surface area contributed by atoms with Gasteiger partial charge in [0, 0.05) is 0 Å². The lowest BCUT2D eigenvalue weighted by Crippen LogP contribution is -1.92. The molecule has 0 aromatic carbocycles. The molecule has 1 atom stereocenters. The quantitative estimate of drug-likeness (QED) is 0.527. The van der Waals surface area contributed by atoms with Crippen LogP contribution >= 0.6 is 0 Å². The number of allylic oxidation sites excluding steroid dienone is 4. The first-order chi connectivity index (χ1) is 4.34. The maximum atomic E-state index is 3.31. The van der Waals surface area contributed by atoms with E-state index < -0.39 is 0 Å². The Morgan fingerprint density at radius 3 is 3.00 bits per heavy atom. The highest BCUT2D eigenvalue weighted by Gasteiger charge is 2.04. The summed E-state index contributed by atoms with van der Waals surface area (Å²) in [5, 5.41) is 0. The minimum Gasteiger partial charge on any atom is -0.0798 e. The molecular weight excluding hydrogens is 108 g/mol. The van der Waals surface area contributed by atoms with Crippen molar-refractivity contribution in [1.29, 1.82) is 0 Å². The summed E-state index contributed by atoms with van der Waals surface area (Å²) in [4.78, 5) is 0. The average molecular weight is 121 g/mol. The molecule has 1 aliphatic carbocycles. The van der Waals surface area contributed by atoms with E-state index in [1.165, 1.54) is 12.0 Å². The summed E-state index contributed by atoms with van der Waals surface area (Å²) in [5.74, 6) is 0.712. The highest BCUT2D eigenvalue weighted by molar-refractivity contribution is 5.24. The lowest BCUT2D eigenvalue weighted by Gasteiger charge is -2.05. The topological polar surface area (TPSA) is 0 Å². The van der Waals surface area contributed by atoms with E-state index in [9.17, 15) is 0 Å². The molecule has 0 saturated heterocycles. The monoisotopic (exact) mass is 121 g/mol. The van der Waals surface area contributed by atoms with Gasteiger partial charge < -0.3 is 0 Å². The van der Waals surface area contributed by atoms with Gasteiger partial charge in [0.05, 0.1) is 0 Å². The van der Waals surface area contributed by atoms with Crippen LogP contribution in [0.5, 0.6) is 0 Å². The van der Waals surface area contributed by atoms with Crippen LogP contribution in [0, 0.1) is 12.0 Å². The Labute approximate surface area is 57.3 Å². The predicted octanol–water partition coefficient (Wildman–Crippen LogP) is 2.72. The second-order valence-electron chi connectivity index (χ2n) is 2.55. The molecule has 0 aromatic heterocycles. The zero-order chi connectivity index (χ0) is 6.69. The standard InChI is InChI=1S/C9H13/c1-3-8(2)9-6-4-5-7-9/h4,6,8H,3,5H2,1-2H3. The minimum atomic E-state index is 0.712. The van der Waals surface area contributed by atoms with E-state index in [4.69, 9.17) is 0 Å². The van der Waals surface area contributed by atoms with Crippen LogP contribution in [-0.4, -0.2) is 0 Å². The third-order valence-electron chi connectivity index (χ3n) is 1.86. The van der Waals surface area contributed by atoms with Gasteiger partial charge >= 0.3 is 0 Å². The predicted molar refractivity (Wildman–Crippen MR) is 40.0 cm³/mol. The third-order valence-corrected chi connectivity index (χ3v) is 1.86. The molecule has 1 radical (unpaired) electrons. The van der Waals surface area contributed by atoms with Crippen LogP contribution < -0.4 is 0 Å². The smallest absolute Gasteiger partial charge is 0.00884 e. The van der Waals surface area contributed by atoms with Gasteiger partial charge in [-0.25, -0.2) is 0 Å². The van der Waals surface area contributed by atoms with Crippen molar-refractivity contribution >= 4 is 0 Å². The first-order valence-corrected chi connectivity index (χ1v) is 3.62. The van der Waals surface area contributed by atoms with Crippen molar-refractivity contribution in [2.45, 2.75) is 26.7 Å². The molecule has 0 amide bonds. The lowest BCUT2D eigenvalue weighted by atomic mass is 10.0. The zero-order valence-corrected chi connectivity index (χ0v) is 6.15. The molecule has 1 aliphatic rings. The molecule has 0 fully saturated rings. The summed E-state index contributed by atoms with van der Waals surface area (Å²) in [6.45, 7) is 4.46. The zero-order valence-electron chi connectivity index (χ0n) is 6.15. The third kappa shape index (κ3) is 1.44. The van der Waals surface area contributed by atoms with E-state index in [1.54, 1.807) is 0 Å². The van der Waals surface area contributed by atoms with Crippen molar-refractivity contribution in [2.24, 2.45) is 5.92 Å². The van der Waals surface area contributed by atoms with Gasteiger partial charge in [-0.15, -0.1) is 0 Å². The second kappa shape index (κ2) is 2.86. The summed E-state index contributed by atoms with van der Waals surface area (Å²) in [6.07, 6.45) is 9.93. The molecule has 0 heteroatoms. The molecule has 49 valence electrons. The average Bonchev–Trinajstić information content (AvgIpc) is 2.37. The van der Waals surface area contributed by atoms with Crippen LogP contribution in [0.1, 0.15) is 26.7 Å². The van der Waals surface area contributed by atoms with E-state index in [0.29, 0.717) is 5.92 Å². The molecule has 1 unspecified atom stereocenters. The lowest BCUT2D eigenvalue weighted by molar-refractivity contribution is 0.669. The van der Waals surface area contributed by atoms with Gasteiger partial charge in [0.1, 0.15) is 0 Å². The molecule has 0 nitrogen and oxygen atoms in total. The molecular formula is C9H13. The molecule has 1 rings (SSSR count). The molecule has 0 spiro atoms. The van der Waals surface area contributed by atoms with Crippen molar-refractivity contribution in [1.82, 2.24) is 0 Å². The van der Waals surface area contributed by atoms with E-state index in [1.807, 2.05) is 0 Å². The number of rotatable bonds is 2. The molecule has 0 N–H and O–H groups in total. The van der Waals surface area contributed by atoms with E-state index in [2.05, 4.69) is 32.1 Å². The molecule has 0 bridgehead atoms. The Morgan fingerprint density at radius 1 is 1.78 bits per heavy atom. The van der Waals surface area contributed by atoms with Crippen LogP contribution in [0.15, 0.2) is 17.7 Å². The van der Waals surface area contributed by atoms with Crippen molar-refractivity contribution < 1.29 is 0 Å².